The molecular formula is C12H16N2O2. The van der Waals surface area contributed by atoms with Gasteiger partial charge in [0.25, 0.3) is 5.91 Å². The molecule has 0 aromatic carbocycles. The van der Waals surface area contributed by atoms with E-state index in [-0.39, 0.29) is 0 Å². The molecule has 1 aromatic heterocycles. The molecular weight excluding hydrogens is 204 g/mol. The van der Waals surface area contributed by atoms with Gasteiger partial charge in [0.2, 0.25) is 5.88 Å². The van der Waals surface area contributed by atoms with E-state index < -0.39 is 5.91 Å². The maximum Gasteiger partial charge on any atom is 0.254 e. The van der Waals surface area contributed by atoms with Gasteiger partial charge in [0.1, 0.15) is 5.56 Å². The van der Waals surface area contributed by atoms with E-state index in [0.29, 0.717) is 18.1 Å². The Balaban J connectivity index is 2.52. The average molecular weight is 220 g/mol. The van der Waals surface area contributed by atoms with Crippen molar-refractivity contribution in [1.82, 2.24) is 4.98 Å². The minimum Gasteiger partial charge on any atom is -0.477 e. The highest BCUT2D eigenvalue weighted by Gasteiger charge is 2.21. The summed E-state index contributed by atoms with van der Waals surface area (Å²) in [4.78, 5) is 15.7. The van der Waals surface area contributed by atoms with Crippen molar-refractivity contribution in [3.8, 4) is 5.88 Å². The van der Waals surface area contributed by atoms with Crippen LogP contribution in [0.2, 0.25) is 0 Å². The van der Waals surface area contributed by atoms with Crippen molar-refractivity contribution in [2.45, 2.75) is 32.6 Å². The fourth-order valence-corrected chi connectivity index (χ4v) is 2.19. The highest BCUT2D eigenvalue weighted by Crippen LogP contribution is 2.28. The van der Waals surface area contributed by atoms with Gasteiger partial charge < -0.3 is 10.5 Å². The molecule has 0 atom stereocenters. The lowest BCUT2D eigenvalue weighted by Gasteiger charge is -2.19. The van der Waals surface area contributed by atoms with E-state index in [0.717, 1.165) is 36.8 Å². The lowest BCUT2D eigenvalue weighted by molar-refractivity contribution is 0.0994. The minimum absolute atomic E-state index is 0.385. The van der Waals surface area contributed by atoms with Gasteiger partial charge in [-0.3, -0.25) is 4.79 Å². The van der Waals surface area contributed by atoms with Gasteiger partial charge in [0.05, 0.1) is 6.61 Å². The van der Waals surface area contributed by atoms with E-state index in [4.69, 9.17) is 10.5 Å². The van der Waals surface area contributed by atoms with E-state index in [1.807, 2.05) is 13.1 Å². The van der Waals surface area contributed by atoms with Crippen LogP contribution in [-0.2, 0) is 12.8 Å². The molecule has 1 heterocycles. The summed E-state index contributed by atoms with van der Waals surface area (Å²) in [6.07, 6.45) is 5.95. The van der Waals surface area contributed by atoms with Crippen LogP contribution in [0, 0.1) is 0 Å². The number of primary amides is 1. The molecule has 0 fully saturated rings. The van der Waals surface area contributed by atoms with Crippen LogP contribution in [0.25, 0.3) is 0 Å². The monoisotopic (exact) mass is 220 g/mol. The normalized spacial score (nSPS) is 14.3. The van der Waals surface area contributed by atoms with Gasteiger partial charge >= 0.3 is 0 Å². The van der Waals surface area contributed by atoms with Crippen LogP contribution >= 0.6 is 0 Å². The molecule has 0 bridgehead atoms. The summed E-state index contributed by atoms with van der Waals surface area (Å²) in [6, 6.07) is 0. The molecule has 0 saturated carbocycles. The highest BCUT2D eigenvalue weighted by molar-refractivity contribution is 5.97. The number of hydrogen-bond acceptors (Lipinski definition) is 3. The molecule has 2 rings (SSSR count). The fourth-order valence-electron chi connectivity index (χ4n) is 2.19. The first-order valence-electron chi connectivity index (χ1n) is 5.67. The van der Waals surface area contributed by atoms with Crippen molar-refractivity contribution in [3.63, 3.8) is 0 Å². The van der Waals surface area contributed by atoms with Crippen molar-refractivity contribution in [3.05, 3.63) is 22.9 Å². The maximum atomic E-state index is 11.5. The van der Waals surface area contributed by atoms with Crippen LogP contribution in [0.15, 0.2) is 6.20 Å². The topological polar surface area (TPSA) is 65.2 Å². The van der Waals surface area contributed by atoms with Gasteiger partial charge in [-0.15, -0.1) is 0 Å². The number of aryl methyl sites for hydroxylation is 1. The van der Waals surface area contributed by atoms with Crippen molar-refractivity contribution in [2.24, 2.45) is 5.73 Å². The van der Waals surface area contributed by atoms with E-state index in [2.05, 4.69) is 4.98 Å². The molecule has 0 spiro atoms. The first-order chi connectivity index (χ1) is 7.74. The lowest BCUT2D eigenvalue weighted by Crippen LogP contribution is -2.19. The molecule has 0 radical (unpaired) electrons. The third kappa shape index (κ3) is 1.87. The average Bonchev–Trinajstić information content (AvgIpc) is 2.28. The molecule has 1 aliphatic carbocycles. The summed E-state index contributed by atoms with van der Waals surface area (Å²) in [5.74, 6) is -0.0506. The minimum atomic E-state index is -0.435. The quantitative estimate of drug-likeness (QED) is 0.838. The van der Waals surface area contributed by atoms with Crippen LogP contribution < -0.4 is 10.5 Å². The zero-order valence-corrected chi connectivity index (χ0v) is 9.45. The summed E-state index contributed by atoms with van der Waals surface area (Å²) >= 11 is 0. The first-order valence-corrected chi connectivity index (χ1v) is 5.67. The Morgan fingerprint density at radius 1 is 1.50 bits per heavy atom. The van der Waals surface area contributed by atoms with E-state index in [1.54, 1.807) is 0 Å². The Kier molecular flexibility index (Phi) is 3.08. The number of carbonyl (C=O) groups is 1. The summed E-state index contributed by atoms with van der Waals surface area (Å²) in [5.41, 5.74) is 8.08. The number of rotatable bonds is 3. The second kappa shape index (κ2) is 4.51. The highest BCUT2D eigenvalue weighted by atomic mass is 16.5. The number of hydrogen-bond donors (Lipinski definition) is 1. The second-order valence-corrected chi connectivity index (χ2v) is 3.95. The van der Waals surface area contributed by atoms with Gasteiger partial charge in [0.15, 0.2) is 0 Å². The predicted octanol–water partition coefficient (Wildman–Crippen LogP) is 1.46. The molecule has 0 saturated heterocycles. The van der Waals surface area contributed by atoms with E-state index >= 15 is 0 Å². The van der Waals surface area contributed by atoms with Crippen LogP contribution in [0.1, 0.15) is 41.3 Å². The zero-order valence-electron chi connectivity index (χ0n) is 9.45. The third-order valence-electron chi connectivity index (χ3n) is 2.89. The number of nitrogens with two attached hydrogens (primary N) is 1. The van der Waals surface area contributed by atoms with Gasteiger partial charge in [-0.25, -0.2) is 4.98 Å². The van der Waals surface area contributed by atoms with E-state index in [1.165, 1.54) is 0 Å². The van der Waals surface area contributed by atoms with Gasteiger partial charge in [-0.05, 0) is 43.7 Å². The predicted molar refractivity (Wildman–Crippen MR) is 60.6 cm³/mol. The summed E-state index contributed by atoms with van der Waals surface area (Å²) in [6.45, 7) is 2.36. The Morgan fingerprint density at radius 2 is 2.25 bits per heavy atom. The Labute approximate surface area is 94.8 Å². The van der Waals surface area contributed by atoms with Crippen LogP contribution in [0.5, 0.6) is 5.88 Å². The van der Waals surface area contributed by atoms with Crippen LogP contribution in [0.3, 0.4) is 0 Å². The Morgan fingerprint density at radius 3 is 2.94 bits per heavy atom. The van der Waals surface area contributed by atoms with Gasteiger partial charge in [0, 0.05) is 6.20 Å². The molecule has 4 heteroatoms. The SMILES string of the molecule is CCOc1ncc2c(c1C(N)=O)CCCC2. The molecule has 2 N–H and O–H groups in total. The number of pyridine rings is 1. The number of nitrogens with zero attached hydrogens (tertiary/aromatic N) is 1. The first kappa shape index (κ1) is 10.9. The molecule has 0 unspecified atom stereocenters. The molecule has 86 valence electrons. The van der Waals surface area contributed by atoms with Crippen LogP contribution in [-0.4, -0.2) is 17.5 Å². The number of amides is 1. The molecule has 1 amide bonds. The smallest absolute Gasteiger partial charge is 0.254 e. The Hall–Kier alpha value is -1.58. The number of fused-ring (bicyclic) bond motifs is 1. The van der Waals surface area contributed by atoms with Gasteiger partial charge in [-0.2, -0.15) is 0 Å². The standard InChI is InChI=1S/C12H16N2O2/c1-2-16-12-10(11(13)15)9-6-4-3-5-8(9)7-14-12/h7H,2-6H2,1H3,(H2,13,15). The van der Waals surface area contributed by atoms with Gasteiger partial charge in [-0.1, -0.05) is 0 Å². The summed E-state index contributed by atoms with van der Waals surface area (Å²) in [5, 5.41) is 0. The third-order valence-corrected chi connectivity index (χ3v) is 2.89. The van der Waals surface area contributed by atoms with Crippen molar-refractivity contribution < 1.29 is 9.53 Å². The van der Waals surface area contributed by atoms with Crippen molar-refractivity contribution in [1.29, 1.82) is 0 Å². The summed E-state index contributed by atoms with van der Waals surface area (Å²) in [7, 11) is 0. The van der Waals surface area contributed by atoms with Crippen molar-refractivity contribution >= 4 is 5.91 Å². The molecule has 16 heavy (non-hydrogen) atoms. The van der Waals surface area contributed by atoms with E-state index in [9.17, 15) is 4.79 Å². The zero-order chi connectivity index (χ0) is 11.5. The lowest BCUT2D eigenvalue weighted by atomic mass is 9.90. The fraction of sp³-hybridized carbons (Fsp3) is 0.500. The number of ether oxygens (including phenoxy) is 1. The van der Waals surface area contributed by atoms with Crippen LogP contribution in [0.4, 0.5) is 0 Å². The molecule has 0 aliphatic heterocycles. The number of aromatic nitrogens is 1. The molecule has 1 aromatic rings. The van der Waals surface area contributed by atoms with Crippen molar-refractivity contribution in [2.75, 3.05) is 6.61 Å². The Bertz CT molecular complexity index is 416. The largest absolute Gasteiger partial charge is 0.477 e. The second-order valence-electron chi connectivity index (χ2n) is 3.95. The maximum absolute atomic E-state index is 11.5. The summed E-state index contributed by atoms with van der Waals surface area (Å²) < 4.78 is 5.35. The number of carbonyl (C=O) groups excluding carboxylic acids is 1. The molecule has 1 aliphatic rings. The molecule has 4 nitrogen and oxygen atoms in total.